The predicted molar refractivity (Wildman–Crippen MR) is 67.6 cm³/mol. The molecular weight excluding hydrogens is 234 g/mol. The minimum Gasteiger partial charge on any atom is -0.476 e. The van der Waals surface area contributed by atoms with E-state index in [0.717, 1.165) is 0 Å². The molecule has 100 valence electrons. The van der Waals surface area contributed by atoms with Gasteiger partial charge in [-0.1, -0.05) is 20.8 Å². The van der Waals surface area contributed by atoms with Gasteiger partial charge in [0.2, 0.25) is 0 Å². The molecule has 1 aromatic heterocycles. The van der Waals surface area contributed by atoms with Crippen molar-refractivity contribution >= 4 is 11.8 Å². The van der Waals surface area contributed by atoms with Gasteiger partial charge >= 0.3 is 5.97 Å². The zero-order valence-electron chi connectivity index (χ0n) is 10.8. The Kier molecular flexibility index (Phi) is 4.61. The van der Waals surface area contributed by atoms with Crippen LogP contribution < -0.4 is 5.32 Å². The third kappa shape index (κ3) is 5.09. The Hall–Kier alpha value is -1.69. The maximum atomic E-state index is 10.7. The monoisotopic (exact) mass is 253 g/mol. The van der Waals surface area contributed by atoms with Crippen LogP contribution in [0, 0.1) is 5.41 Å². The number of rotatable bonds is 5. The fourth-order valence-electron chi connectivity index (χ4n) is 1.56. The maximum Gasteiger partial charge on any atom is 0.356 e. The third-order valence-corrected chi connectivity index (χ3v) is 2.22. The Balaban J connectivity index is 2.53. The molecule has 0 aliphatic rings. The molecule has 0 saturated heterocycles. The molecule has 0 radical (unpaired) electrons. The number of anilines is 1. The number of hydrogen-bond donors (Lipinski definition) is 3. The minimum atomic E-state index is -1.12. The van der Waals surface area contributed by atoms with E-state index in [4.69, 9.17) is 5.11 Å². The summed E-state index contributed by atoms with van der Waals surface area (Å²) in [5.41, 5.74) is -0.0827. The molecule has 0 amide bonds. The fourth-order valence-corrected chi connectivity index (χ4v) is 1.56. The van der Waals surface area contributed by atoms with E-state index in [-0.39, 0.29) is 11.1 Å². The number of nitrogens with zero attached hydrogens (tertiary/aromatic N) is 2. The van der Waals surface area contributed by atoms with Gasteiger partial charge < -0.3 is 15.5 Å². The van der Waals surface area contributed by atoms with Gasteiger partial charge in [-0.25, -0.2) is 9.78 Å². The van der Waals surface area contributed by atoms with Crippen LogP contribution in [0.1, 0.15) is 37.7 Å². The standard InChI is InChI=1S/C12H19N3O3/c1-12(2,3)4-8(16)5-14-10-7-13-6-9(15-10)11(17)18/h6-8,16H,4-5H2,1-3H3,(H,14,15)(H,17,18). The van der Waals surface area contributed by atoms with Crippen molar-refractivity contribution in [2.45, 2.75) is 33.3 Å². The van der Waals surface area contributed by atoms with Gasteiger partial charge in [0.25, 0.3) is 0 Å². The van der Waals surface area contributed by atoms with Crippen molar-refractivity contribution in [3.8, 4) is 0 Å². The van der Waals surface area contributed by atoms with Gasteiger partial charge in [-0.05, 0) is 11.8 Å². The van der Waals surface area contributed by atoms with E-state index in [9.17, 15) is 9.90 Å². The molecule has 6 nitrogen and oxygen atoms in total. The second-order valence-electron chi connectivity index (χ2n) is 5.39. The summed E-state index contributed by atoms with van der Waals surface area (Å²) in [4.78, 5) is 18.3. The highest BCUT2D eigenvalue weighted by atomic mass is 16.4. The van der Waals surface area contributed by atoms with Crippen molar-refractivity contribution in [1.82, 2.24) is 9.97 Å². The highest BCUT2D eigenvalue weighted by molar-refractivity contribution is 5.85. The average molecular weight is 253 g/mol. The van der Waals surface area contributed by atoms with Crippen LogP contribution >= 0.6 is 0 Å². The quantitative estimate of drug-likeness (QED) is 0.733. The molecule has 1 atom stereocenters. The van der Waals surface area contributed by atoms with Crippen LogP contribution in [0.25, 0.3) is 0 Å². The van der Waals surface area contributed by atoms with Crippen molar-refractivity contribution in [2.24, 2.45) is 5.41 Å². The van der Waals surface area contributed by atoms with Crippen LogP contribution in [0.4, 0.5) is 5.82 Å². The van der Waals surface area contributed by atoms with E-state index in [0.29, 0.717) is 18.8 Å². The summed E-state index contributed by atoms with van der Waals surface area (Å²) in [6, 6.07) is 0. The van der Waals surface area contributed by atoms with Crippen molar-refractivity contribution in [1.29, 1.82) is 0 Å². The van der Waals surface area contributed by atoms with Crippen molar-refractivity contribution in [2.75, 3.05) is 11.9 Å². The molecule has 0 aliphatic carbocycles. The zero-order chi connectivity index (χ0) is 13.8. The Bertz CT molecular complexity index is 415. The van der Waals surface area contributed by atoms with Gasteiger partial charge in [0.1, 0.15) is 5.82 Å². The second-order valence-corrected chi connectivity index (χ2v) is 5.39. The van der Waals surface area contributed by atoms with Gasteiger partial charge in [-0.3, -0.25) is 4.98 Å². The lowest BCUT2D eigenvalue weighted by Crippen LogP contribution is -2.25. The van der Waals surface area contributed by atoms with Gasteiger partial charge in [0, 0.05) is 6.54 Å². The Morgan fingerprint density at radius 3 is 2.67 bits per heavy atom. The number of carboxylic acids is 1. The van der Waals surface area contributed by atoms with E-state index in [2.05, 4.69) is 15.3 Å². The lowest BCUT2D eigenvalue weighted by molar-refractivity contribution is 0.0690. The first kappa shape index (κ1) is 14.4. The summed E-state index contributed by atoms with van der Waals surface area (Å²) in [5.74, 6) is -0.774. The predicted octanol–water partition coefficient (Wildman–Crippen LogP) is 1.38. The van der Waals surface area contributed by atoms with Gasteiger partial charge in [-0.15, -0.1) is 0 Å². The summed E-state index contributed by atoms with van der Waals surface area (Å²) < 4.78 is 0. The van der Waals surface area contributed by atoms with Crippen LogP contribution in [0.5, 0.6) is 0 Å². The highest BCUT2D eigenvalue weighted by Gasteiger charge is 2.16. The number of carbonyl (C=O) groups is 1. The Morgan fingerprint density at radius 2 is 2.11 bits per heavy atom. The second kappa shape index (κ2) is 5.77. The molecule has 0 saturated carbocycles. The summed E-state index contributed by atoms with van der Waals surface area (Å²) in [6.07, 6.45) is 2.74. The van der Waals surface area contributed by atoms with Crippen LogP contribution in [-0.2, 0) is 0 Å². The SMILES string of the molecule is CC(C)(C)CC(O)CNc1cncc(C(=O)O)n1. The molecule has 3 N–H and O–H groups in total. The lowest BCUT2D eigenvalue weighted by atomic mass is 9.89. The third-order valence-electron chi connectivity index (χ3n) is 2.22. The van der Waals surface area contributed by atoms with Gasteiger partial charge in [0.15, 0.2) is 5.69 Å². The number of aromatic nitrogens is 2. The van der Waals surface area contributed by atoms with Crippen LogP contribution in [0.3, 0.4) is 0 Å². The summed E-state index contributed by atoms with van der Waals surface area (Å²) in [5, 5.41) is 21.4. The molecular formula is C12H19N3O3. The van der Waals surface area contributed by atoms with E-state index in [1.807, 2.05) is 20.8 Å². The lowest BCUT2D eigenvalue weighted by Gasteiger charge is -2.22. The summed E-state index contributed by atoms with van der Waals surface area (Å²) in [6.45, 7) is 6.44. The first-order valence-corrected chi connectivity index (χ1v) is 5.75. The van der Waals surface area contributed by atoms with E-state index < -0.39 is 12.1 Å². The van der Waals surface area contributed by atoms with Crippen LogP contribution in [-0.4, -0.2) is 38.8 Å². The molecule has 1 aromatic rings. The smallest absolute Gasteiger partial charge is 0.356 e. The topological polar surface area (TPSA) is 95.3 Å². The number of nitrogens with one attached hydrogen (secondary N) is 1. The van der Waals surface area contributed by atoms with Crippen molar-refractivity contribution in [3.05, 3.63) is 18.1 Å². The van der Waals surface area contributed by atoms with E-state index >= 15 is 0 Å². The fraction of sp³-hybridized carbons (Fsp3) is 0.583. The van der Waals surface area contributed by atoms with Gasteiger partial charge in [0.05, 0.1) is 18.5 Å². The molecule has 18 heavy (non-hydrogen) atoms. The first-order valence-electron chi connectivity index (χ1n) is 5.75. The molecule has 0 spiro atoms. The Labute approximate surface area is 106 Å². The van der Waals surface area contributed by atoms with Crippen LogP contribution in [0.15, 0.2) is 12.4 Å². The number of hydrogen-bond acceptors (Lipinski definition) is 5. The molecule has 6 heteroatoms. The van der Waals surface area contributed by atoms with Crippen molar-refractivity contribution < 1.29 is 15.0 Å². The Morgan fingerprint density at radius 1 is 1.44 bits per heavy atom. The van der Waals surface area contributed by atoms with E-state index in [1.165, 1.54) is 12.4 Å². The molecule has 1 heterocycles. The van der Waals surface area contributed by atoms with E-state index in [1.54, 1.807) is 0 Å². The molecule has 0 aromatic carbocycles. The number of aliphatic hydroxyl groups is 1. The highest BCUT2D eigenvalue weighted by Crippen LogP contribution is 2.20. The average Bonchev–Trinajstić information content (AvgIpc) is 2.24. The minimum absolute atomic E-state index is 0.0374. The first-order chi connectivity index (χ1) is 8.28. The molecule has 0 aliphatic heterocycles. The van der Waals surface area contributed by atoms with Gasteiger partial charge in [-0.2, -0.15) is 0 Å². The largest absolute Gasteiger partial charge is 0.476 e. The number of aliphatic hydroxyl groups excluding tert-OH is 1. The molecule has 1 unspecified atom stereocenters. The summed E-state index contributed by atoms with van der Waals surface area (Å²) >= 11 is 0. The number of aromatic carboxylic acids is 1. The normalized spacial score (nSPS) is 13.1. The number of carboxylic acid groups (broad SMARTS) is 1. The molecule has 0 bridgehead atoms. The molecule has 0 fully saturated rings. The van der Waals surface area contributed by atoms with Crippen LogP contribution in [0.2, 0.25) is 0 Å². The molecule has 1 rings (SSSR count). The summed E-state index contributed by atoms with van der Waals surface area (Å²) in [7, 11) is 0. The maximum absolute atomic E-state index is 10.7. The zero-order valence-corrected chi connectivity index (χ0v) is 10.8. The van der Waals surface area contributed by atoms with Crippen molar-refractivity contribution in [3.63, 3.8) is 0 Å².